The second-order valence-corrected chi connectivity index (χ2v) is 5.39. The Morgan fingerprint density at radius 1 is 1.14 bits per heavy atom. The van der Waals surface area contributed by atoms with Crippen molar-refractivity contribution in [2.75, 3.05) is 19.1 Å². The summed E-state index contributed by atoms with van der Waals surface area (Å²) in [6.45, 7) is 3.59. The van der Waals surface area contributed by atoms with Crippen molar-refractivity contribution in [2.24, 2.45) is 0 Å². The summed E-state index contributed by atoms with van der Waals surface area (Å²) in [5.74, 6) is 1.03. The molecule has 0 heterocycles. The molecule has 112 valence electrons. The van der Waals surface area contributed by atoms with Crippen LogP contribution in [0.4, 0.5) is 5.69 Å². The van der Waals surface area contributed by atoms with Gasteiger partial charge in [0, 0.05) is 16.1 Å². The van der Waals surface area contributed by atoms with E-state index in [1.807, 2.05) is 6.07 Å². The molecular formula is C17H21NO2S. The van der Waals surface area contributed by atoms with Crippen molar-refractivity contribution in [3.05, 3.63) is 53.6 Å². The van der Waals surface area contributed by atoms with Gasteiger partial charge in [0.15, 0.2) is 5.78 Å². The quantitative estimate of drug-likeness (QED) is 0.524. The van der Waals surface area contributed by atoms with Crippen LogP contribution in [-0.2, 0) is 0 Å². The Morgan fingerprint density at radius 3 is 2.19 bits per heavy atom. The van der Waals surface area contributed by atoms with Crippen molar-refractivity contribution >= 4 is 23.2 Å². The average molecular weight is 303 g/mol. The summed E-state index contributed by atoms with van der Waals surface area (Å²) < 4.78 is 5.14. The summed E-state index contributed by atoms with van der Waals surface area (Å²) in [5.41, 5.74) is 8.00. The summed E-state index contributed by atoms with van der Waals surface area (Å²) in [6.07, 6.45) is 2.07. The summed E-state index contributed by atoms with van der Waals surface area (Å²) in [4.78, 5) is 12.0. The number of anilines is 1. The predicted octanol–water partition coefficient (Wildman–Crippen LogP) is 4.20. The van der Waals surface area contributed by atoms with Gasteiger partial charge in [-0.25, -0.2) is 0 Å². The molecule has 0 aliphatic heterocycles. The van der Waals surface area contributed by atoms with Crippen molar-refractivity contribution in [1.82, 2.24) is 0 Å². The molecule has 4 heteroatoms. The zero-order valence-electron chi connectivity index (χ0n) is 12.8. The molecule has 0 saturated carbocycles. The van der Waals surface area contributed by atoms with Crippen LogP contribution in [0.3, 0.4) is 0 Å². The van der Waals surface area contributed by atoms with Crippen molar-refractivity contribution in [1.29, 1.82) is 0 Å². The van der Waals surface area contributed by atoms with Gasteiger partial charge in [-0.2, -0.15) is 0 Å². The number of benzene rings is 2. The van der Waals surface area contributed by atoms with E-state index in [0.29, 0.717) is 11.3 Å². The van der Waals surface area contributed by atoms with Gasteiger partial charge in [0.25, 0.3) is 0 Å². The lowest BCUT2D eigenvalue weighted by Crippen LogP contribution is -1.91. The third-order valence-electron chi connectivity index (χ3n) is 2.92. The predicted molar refractivity (Wildman–Crippen MR) is 90.4 cm³/mol. The Labute approximate surface area is 130 Å². The number of Topliss-reactive ketones (excluding diaryl/α,β-unsaturated/α-hetero) is 1. The van der Waals surface area contributed by atoms with E-state index in [4.69, 9.17) is 10.5 Å². The minimum absolute atomic E-state index is 0.0694. The monoisotopic (exact) mass is 303 g/mol. The molecule has 0 aromatic heterocycles. The number of rotatable bonds is 3. The van der Waals surface area contributed by atoms with Gasteiger partial charge in [0.2, 0.25) is 0 Å². The number of thioether (sulfide) groups is 1. The summed E-state index contributed by atoms with van der Waals surface area (Å²) in [7, 11) is 1.70. The van der Waals surface area contributed by atoms with Crippen molar-refractivity contribution in [3.63, 3.8) is 0 Å². The zero-order chi connectivity index (χ0) is 15.8. The first-order valence-electron chi connectivity index (χ1n) is 6.53. The molecule has 3 nitrogen and oxygen atoms in total. The fraction of sp³-hybridized carbons (Fsp3) is 0.235. The fourth-order valence-corrected chi connectivity index (χ4v) is 2.19. The molecule has 21 heavy (non-hydrogen) atoms. The molecule has 0 aliphatic carbocycles. The minimum Gasteiger partial charge on any atom is -0.496 e. The number of ether oxygens (including phenoxy) is 1. The lowest BCUT2D eigenvalue weighted by molar-refractivity contribution is 0.101. The number of hydrogen-bond donors (Lipinski definition) is 1. The third kappa shape index (κ3) is 5.52. The lowest BCUT2D eigenvalue weighted by Gasteiger charge is -2.04. The Kier molecular flexibility index (Phi) is 6.82. The van der Waals surface area contributed by atoms with Crippen LogP contribution >= 0.6 is 11.8 Å². The van der Waals surface area contributed by atoms with Crippen LogP contribution in [0.1, 0.15) is 22.8 Å². The molecule has 0 saturated heterocycles. The topological polar surface area (TPSA) is 52.3 Å². The van der Waals surface area contributed by atoms with Crippen LogP contribution < -0.4 is 10.5 Å². The normalized spacial score (nSPS) is 9.52. The van der Waals surface area contributed by atoms with Crippen molar-refractivity contribution in [3.8, 4) is 5.75 Å². The SMILES string of the molecule is CC(=O)c1ccc(N)cc1.COc1ccc(SC)cc1C. The second-order valence-electron chi connectivity index (χ2n) is 4.51. The smallest absolute Gasteiger partial charge is 0.159 e. The van der Waals surface area contributed by atoms with E-state index in [1.54, 1.807) is 43.1 Å². The molecule has 0 unspecified atom stereocenters. The molecule has 0 radical (unpaired) electrons. The first kappa shape index (κ1) is 17.1. The molecule has 0 fully saturated rings. The Balaban J connectivity index is 0.000000211. The molecule has 0 amide bonds. The van der Waals surface area contributed by atoms with Gasteiger partial charge in [0.05, 0.1) is 7.11 Å². The van der Waals surface area contributed by atoms with Crippen LogP contribution in [-0.4, -0.2) is 19.1 Å². The Bertz CT molecular complexity index is 594. The van der Waals surface area contributed by atoms with E-state index in [1.165, 1.54) is 17.4 Å². The van der Waals surface area contributed by atoms with Gasteiger partial charge >= 0.3 is 0 Å². The molecule has 2 N–H and O–H groups in total. The average Bonchev–Trinajstić information content (AvgIpc) is 2.48. The highest BCUT2D eigenvalue weighted by molar-refractivity contribution is 7.98. The summed E-state index contributed by atoms with van der Waals surface area (Å²) in [6, 6.07) is 13.1. The van der Waals surface area contributed by atoms with Gasteiger partial charge < -0.3 is 10.5 Å². The van der Waals surface area contributed by atoms with Gasteiger partial charge in [-0.15, -0.1) is 11.8 Å². The number of methoxy groups -OCH3 is 1. The van der Waals surface area contributed by atoms with Gasteiger partial charge in [-0.3, -0.25) is 4.79 Å². The molecular weight excluding hydrogens is 282 g/mol. The molecule has 2 aromatic rings. The number of hydrogen-bond acceptors (Lipinski definition) is 4. The van der Waals surface area contributed by atoms with Crippen LogP contribution in [0.15, 0.2) is 47.4 Å². The maximum Gasteiger partial charge on any atom is 0.159 e. The summed E-state index contributed by atoms with van der Waals surface area (Å²) in [5, 5.41) is 0. The van der Waals surface area contributed by atoms with E-state index in [0.717, 1.165) is 5.75 Å². The van der Waals surface area contributed by atoms with Gasteiger partial charge in [-0.05, 0) is 68.1 Å². The fourth-order valence-electron chi connectivity index (χ4n) is 1.70. The van der Waals surface area contributed by atoms with E-state index in [-0.39, 0.29) is 5.78 Å². The van der Waals surface area contributed by atoms with Crippen LogP contribution in [0.25, 0.3) is 0 Å². The number of ketones is 1. The Hall–Kier alpha value is -1.94. The standard InChI is InChI=1S/C9H12OS.C8H9NO/c1-7-6-8(11-3)4-5-9(7)10-2;1-6(10)7-2-4-8(9)5-3-7/h4-6H,1-3H3;2-5H,9H2,1H3. The lowest BCUT2D eigenvalue weighted by atomic mass is 10.1. The second kappa shape index (κ2) is 8.37. The molecule has 2 aromatic carbocycles. The molecule has 0 atom stereocenters. The zero-order valence-corrected chi connectivity index (χ0v) is 13.7. The third-order valence-corrected chi connectivity index (χ3v) is 3.64. The van der Waals surface area contributed by atoms with Gasteiger partial charge in [0.1, 0.15) is 5.75 Å². The van der Waals surface area contributed by atoms with Crippen LogP contribution in [0.5, 0.6) is 5.75 Å². The maximum absolute atomic E-state index is 10.7. The van der Waals surface area contributed by atoms with Crippen LogP contribution in [0.2, 0.25) is 0 Å². The number of nitrogens with two attached hydrogens (primary N) is 1. The maximum atomic E-state index is 10.7. The first-order chi connectivity index (χ1) is 9.97. The van der Waals surface area contributed by atoms with Crippen LogP contribution in [0, 0.1) is 6.92 Å². The first-order valence-corrected chi connectivity index (χ1v) is 7.75. The highest BCUT2D eigenvalue weighted by Gasteiger charge is 1.97. The molecule has 0 aliphatic rings. The van der Waals surface area contributed by atoms with Crippen molar-refractivity contribution < 1.29 is 9.53 Å². The number of carbonyl (C=O) groups is 1. The molecule has 2 rings (SSSR count). The largest absolute Gasteiger partial charge is 0.496 e. The van der Waals surface area contributed by atoms with E-state index in [2.05, 4.69) is 25.3 Å². The van der Waals surface area contributed by atoms with E-state index < -0.39 is 0 Å². The summed E-state index contributed by atoms with van der Waals surface area (Å²) >= 11 is 1.75. The molecule has 0 bridgehead atoms. The highest BCUT2D eigenvalue weighted by atomic mass is 32.2. The number of nitrogen functional groups attached to an aromatic ring is 1. The number of aryl methyl sites for hydroxylation is 1. The highest BCUT2D eigenvalue weighted by Crippen LogP contribution is 2.23. The molecule has 0 spiro atoms. The van der Waals surface area contributed by atoms with Gasteiger partial charge in [-0.1, -0.05) is 0 Å². The van der Waals surface area contributed by atoms with Crippen molar-refractivity contribution in [2.45, 2.75) is 18.7 Å². The van der Waals surface area contributed by atoms with E-state index in [9.17, 15) is 4.79 Å². The van der Waals surface area contributed by atoms with E-state index >= 15 is 0 Å². The minimum atomic E-state index is 0.0694. The number of carbonyl (C=O) groups excluding carboxylic acids is 1. The Morgan fingerprint density at radius 2 is 1.76 bits per heavy atom.